The maximum atomic E-state index is 9.74. The van der Waals surface area contributed by atoms with Crippen LogP contribution in [0.3, 0.4) is 0 Å². The van der Waals surface area contributed by atoms with Gasteiger partial charge in [-0.15, -0.1) is 0 Å². The average Bonchev–Trinajstić information content (AvgIpc) is 2.47. The van der Waals surface area contributed by atoms with Crippen molar-refractivity contribution < 1.29 is 5.11 Å². The highest BCUT2D eigenvalue weighted by molar-refractivity contribution is 6.02. The number of phenolic OH excluding ortho intramolecular Hbond substituents is 1. The smallest absolute Gasteiger partial charge is 0.129 e. The molecule has 0 aliphatic carbocycles. The first-order valence-electron chi connectivity index (χ1n) is 6.34. The zero-order chi connectivity index (χ0) is 15.8. The van der Waals surface area contributed by atoms with E-state index in [1.54, 1.807) is 30.5 Å². The van der Waals surface area contributed by atoms with Crippen molar-refractivity contribution in [1.29, 1.82) is 0 Å². The molecule has 0 saturated heterocycles. The fraction of sp³-hybridized carbons (Fsp3) is 0.125. The highest BCUT2D eigenvalue weighted by atomic mass is 16.3. The molecular formula is C16H20N4O. The van der Waals surface area contributed by atoms with Crippen LogP contribution in [0.25, 0.3) is 0 Å². The summed E-state index contributed by atoms with van der Waals surface area (Å²) >= 11 is 0. The minimum atomic E-state index is 0.0374. The van der Waals surface area contributed by atoms with Crippen LogP contribution in [-0.2, 0) is 0 Å². The lowest BCUT2D eigenvalue weighted by Gasteiger charge is -2.06. The van der Waals surface area contributed by atoms with Crippen molar-refractivity contribution in [3.63, 3.8) is 0 Å². The van der Waals surface area contributed by atoms with Crippen LogP contribution >= 0.6 is 0 Å². The number of phenols is 1. The maximum Gasteiger partial charge on any atom is 0.129 e. The van der Waals surface area contributed by atoms with Crippen molar-refractivity contribution in [2.45, 2.75) is 6.92 Å². The number of aliphatic imine (C=N–C) groups is 2. The zero-order valence-electron chi connectivity index (χ0n) is 12.1. The molecule has 0 radical (unpaired) electrons. The highest BCUT2D eigenvalue weighted by Crippen LogP contribution is 2.19. The van der Waals surface area contributed by atoms with Gasteiger partial charge in [-0.05, 0) is 36.8 Å². The van der Waals surface area contributed by atoms with Crippen LogP contribution in [0.4, 0.5) is 5.69 Å². The molecule has 0 bridgehead atoms. The van der Waals surface area contributed by atoms with E-state index < -0.39 is 0 Å². The van der Waals surface area contributed by atoms with Gasteiger partial charge >= 0.3 is 0 Å². The number of hydrogen-bond acceptors (Lipinski definition) is 4. The second kappa shape index (κ2) is 7.69. The van der Waals surface area contributed by atoms with Gasteiger partial charge in [0.15, 0.2) is 0 Å². The van der Waals surface area contributed by atoms with Gasteiger partial charge in [0.05, 0.1) is 12.1 Å². The molecule has 5 nitrogen and oxygen atoms in total. The highest BCUT2D eigenvalue weighted by Gasteiger charge is 2.06. The molecule has 0 atom stereocenters. The van der Waals surface area contributed by atoms with E-state index in [9.17, 15) is 5.11 Å². The Bertz CT molecular complexity index is 627. The Morgan fingerprint density at radius 3 is 2.81 bits per heavy atom. The Morgan fingerprint density at radius 2 is 2.14 bits per heavy atom. The normalized spacial score (nSPS) is 12.6. The predicted octanol–water partition coefficient (Wildman–Crippen LogP) is 2.40. The van der Waals surface area contributed by atoms with Crippen molar-refractivity contribution in [2.24, 2.45) is 15.7 Å². The van der Waals surface area contributed by atoms with Crippen LogP contribution in [0.1, 0.15) is 12.5 Å². The van der Waals surface area contributed by atoms with Gasteiger partial charge in [-0.25, -0.2) is 0 Å². The molecule has 110 valence electrons. The van der Waals surface area contributed by atoms with Gasteiger partial charge in [-0.3, -0.25) is 9.98 Å². The number of aromatic hydroxyl groups is 1. The van der Waals surface area contributed by atoms with Gasteiger partial charge in [-0.1, -0.05) is 19.2 Å². The summed E-state index contributed by atoms with van der Waals surface area (Å²) < 4.78 is 0. The molecule has 0 fully saturated rings. The summed E-state index contributed by atoms with van der Waals surface area (Å²) in [6.07, 6.45) is 4.99. The number of nitrogens with zero attached hydrogens (tertiary/aromatic N) is 2. The SMILES string of the molecule is C=C/C=C\N=C(C)C(=C)CN=C(N)c1cc(N)ccc1O. The maximum absolute atomic E-state index is 9.74. The molecule has 0 spiro atoms. The Kier molecular flexibility index (Phi) is 5.95. The lowest BCUT2D eigenvalue weighted by molar-refractivity contribution is 0.474. The zero-order valence-corrected chi connectivity index (χ0v) is 12.1. The second-order valence-corrected chi connectivity index (χ2v) is 4.37. The molecule has 0 aromatic heterocycles. The van der Waals surface area contributed by atoms with Crippen molar-refractivity contribution in [2.75, 3.05) is 12.3 Å². The van der Waals surface area contributed by atoms with E-state index in [1.165, 1.54) is 6.07 Å². The second-order valence-electron chi connectivity index (χ2n) is 4.37. The van der Waals surface area contributed by atoms with Gasteiger partial charge < -0.3 is 16.6 Å². The lowest BCUT2D eigenvalue weighted by atomic mass is 10.1. The molecule has 0 aliphatic rings. The first-order valence-corrected chi connectivity index (χ1v) is 6.34. The molecule has 0 aliphatic heterocycles. The number of allylic oxidation sites excluding steroid dienone is 2. The number of benzene rings is 1. The summed E-state index contributed by atoms with van der Waals surface area (Å²) in [6, 6.07) is 4.65. The van der Waals surface area contributed by atoms with E-state index in [1.807, 2.05) is 6.92 Å². The Hall–Kier alpha value is -2.82. The van der Waals surface area contributed by atoms with Crippen LogP contribution < -0.4 is 11.5 Å². The molecule has 1 aromatic rings. The van der Waals surface area contributed by atoms with Crippen molar-refractivity contribution >= 4 is 17.2 Å². The fourth-order valence-electron chi connectivity index (χ4n) is 1.45. The minimum absolute atomic E-state index is 0.0374. The largest absolute Gasteiger partial charge is 0.507 e. The third-order valence-corrected chi connectivity index (χ3v) is 2.74. The number of nitrogens with two attached hydrogens (primary N) is 2. The summed E-state index contributed by atoms with van der Waals surface area (Å²) in [5, 5.41) is 9.74. The summed E-state index contributed by atoms with van der Waals surface area (Å²) in [6.45, 7) is 9.58. The van der Waals surface area contributed by atoms with E-state index in [0.29, 0.717) is 11.3 Å². The molecule has 5 N–H and O–H groups in total. The molecule has 0 unspecified atom stereocenters. The van der Waals surface area contributed by atoms with Crippen LogP contribution in [-0.4, -0.2) is 23.2 Å². The third kappa shape index (κ3) is 4.99. The van der Waals surface area contributed by atoms with Gasteiger partial charge in [0.1, 0.15) is 11.6 Å². The summed E-state index contributed by atoms with van der Waals surface area (Å²) in [5.41, 5.74) is 13.9. The molecular weight excluding hydrogens is 264 g/mol. The predicted molar refractivity (Wildman–Crippen MR) is 89.7 cm³/mol. The van der Waals surface area contributed by atoms with Crippen molar-refractivity contribution in [3.05, 3.63) is 60.8 Å². The number of hydrogen-bond donors (Lipinski definition) is 3. The molecule has 1 rings (SSSR count). The minimum Gasteiger partial charge on any atom is -0.507 e. The molecule has 0 amide bonds. The third-order valence-electron chi connectivity index (χ3n) is 2.74. The Labute approximate surface area is 124 Å². The van der Waals surface area contributed by atoms with Gasteiger partial charge in [0.2, 0.25) is 0 Å². The van der Waals surface area contributed by atoms with E-state index >= 15 is 0 Å². The molecule has 1 aromatic carbocycles. The standard InChI is InChI=1S/C16H20N4O/c1-4-5-8-19-12(3)11(2)10-20-16(18)14-9-13(17)6-7-15(14)21/h4-9,21H,1-2,10,17H2,3H3,(H2,18,20)/b8-5-,19-12?. The quantitative estimate of drug-likeness (QED) is 0.246. The number of amidine groups is 1. The van der Waals surface area contributed by atoms with E-state index in [0.717, 1.165) is 11.3 Å². The average molecular weight is 284 g/mol. The summed E-state index contributed by atoms with van der Waals surface area (Å²) in [7, 11) is 0. The molecule has 0 heterocycles. The molecule has 0 saturated carbocycles. The number of anilines is 1. The van der Waals surface area contributed by atoms with E-state index in [2.05, 4.69) is 23.1 Å². The van der Waals surface area contributed by atoms with Gasteiger partial charge in [0.25, 0.3) is 0 Å². The van der Waals surface area contributed by atoms with Gasteiger partial charge in [-0.2, -0.15) is 0 Å². The fourth-order valence-corrected chi connectivity index (χ4v) is 1.45. The number of rotatable bonds is 6. The van der Waals surface area contributed by atoms with E-state index in [-0.39, 0.29) is 18.1 Å². The van der Waals surface area contributed by atoms with Crippen LogP contribution in [0.2, 0.25) is 0 Å². The summed E-state index contributed by atoms with van der Waals surface area (Å²) in [5.74, 6) is 0.241. The Morgan fingerprint density at radius 1 is 1.43 bits per heavy atom. The van der Waals surface area contributed by atoms with Crippen LogP contribution in [0.5, 0.6) is 5.75 Å². The molecule has 5 heteroatoms. The van der Waals surface area contributed by atoms with E-state index in [4.69, 9.17) is 11.5 Å². The monoisotopic (exact) mass is 284 g/mol. The first kappa shape index (κ1) is 16.2. The Balaban J connectivity index is 2.82. The van der Waals surface area contributed by atoms with Crippen molar-refractivity contribution in [1.82, 2.24) is 0 Å². The van der Waals surface area contributed by atoms with Gasteiger partial charge in [0, 0.05) is 17.6 Å². The molecule has 21 heavy (non-hydrogen) atoms. The van der Waals surface area contributed by atoms with Crippen LogP contribution in [0, 0.1) is 0 Å². The lowest BCUT2D eigenvalue weighted by Crippen LogP contribution is -2.15. The first-order chi connectivity index (χ1) is 9.95. The topological polar surface area (TPSA) is 97.0 Å². The number of nitrogen functional groups attached to an aromatic ring is 1. The van der Waals surface area contributed by atoms with Crippen molar-refractivity contribution in [3.8, 4) is 5.75 Å². The van der Waals surface area contributed by atoms with Crippen LogP contribution in [0.15, 0.2) is 65.3 Å². The summed E-state index contributed by atoms with van der Waals surface area (Å²) in [4.78, 5) is 8.38.